The Balaban J connectivity index is 0.000000526. The molecule has 2 saturated carbocycles. The average molecular weight is 433 g/mol. The predicted molar refractivity (Wildman–Crippen MR) is 98.7 cm³/mol. The molecule has 0 bridgehead atoms. The summed E-state index contributed by atoms with van der Waals surface area (Å²) in [5.74, 6) is 8.31. The molecule has 4 rings (SSSR count). The molecule has 0 spiro atoms. The molecule has 2 fully saturated rings. The van der Waals surface area contributed by atoms with E-state index in [1.807, 2.05) is 0 Å². The molecule has 0 heterocycles. The van der Waals surface area contributed by atoms with Crippen molar-refractivity contribution in [3.63, 3.8) is 0 Å². The molecule has 10 radical (unpaired) electrons. The Morgan fingerprint density at radius 2 is 1.08 bits per heavy atom. The SMILES string of the molecule is CC(C)([C]1[CH][CH][CH][CH]1)[C]1[C]2C=CC=C[C]2[C]2C=CC=C[C]21.[Cl][Zr][Cl]. The average Bonchev–Trinajstić information content (AvgIpc) is 3.22. The summed E-state index contributed by atoms with van der Waals surface area (Å²) in [7, 11) is 9.87. The Bertz CT molecular complexity index is 506. The van der Waals surface area contributed by atoms with Crippen molar-refractivity contribution < 1.29 is 20.8 Å². The number of fused-ring (bicyclic) bond motifs is 3. The van der Waals surface area contributed by atoms with Crippen molar-refractivity contribution in [2.75, 3.05) is 0 Å². The fourth-order valence-electron chi connectivity index (χ4n) is 3.63. The van der Waals surface area contributed by atoms with Gasteiger partial charge >= 0.3 is 37.9 Å². The molecule has 0 unspecified atom stereocenters. The van der Waals surface area contributed by atoms with Crippen LogP contribution >= 0.6 is 17.0 Å². The van der Waals surface area contributed by atoms with Crippen molar-refractivity contribution in [2.24, 2.45) is 5.41 Å². The van der Waals surface area contributed by atoms with Gasteiger partial charge in [0.05, 0.1) is 0 Å². The molecule has 4 aliphatic carbocycles. The van der Waals surface area contributed by atoms with Crippen LogP contribution in [0.1, 0.15) is 13.8 Å². The monoisotopic (exact) mass is 430 g/mol. The fraction of sp³-hybridized carbons (Fsp3) is 0.143. The number of hydrogen-bond donors (Lipinski definition) is 0. The summed E-state index contributed by atoms with van der Waals surface area (Å²) in [6, 6.07) is 0. The van der Waals surface area contributed by atoms with E-state index >= 15 is 0 Å². The molecule has 0 atom stereocenters. The van der Waals surface area contributed by atoms with E-state index in [1.165, 1.54) is 35.5 Å². The minimum absolute atomic E-state index is 0.00616. The van der Waals surface area contributed by atoms with Gasteiger partial charge in [-0.1, -0.05) is 62.5 Å². The van der Waals surface area contributed by atoms with Gasteiger partial charge in [-0.15, -0.1) is 0 Å². The molecule has 0 aromatic rings. The second-order valence-corrected chi connectivity index (χ2v) is 10.1. The van der Waals surface area contributed by atoms with Gasteiger partial charge in [0.25, 0.3) is 0 Å². The maximum atomic E-state index is 4.93. The molecule has 0 N–H and O–H groups in total. The van der Waals surface area contributed by atoms with E-state index in [0.717, 1.165) is 0 Å². The van der Waals surface area contributed by atoms with Crippen molar-refractivity contribution >= 4 is 17.0 Å². The third-order valence-electron chi connectivity index (χ3n) is 4.69. The molecule has 0 aliphatic heterocycles. The number of rotatable bonds is 2. The predicted octanol–water partition coefficient (Wildman–Crippen LogP) is 5.93. The summed E-state index contributed by atoms with van der Waals surface area (Å²) in [5, 5.41) is 0. The first kappa shape index (κ1) is 19.2. The second kappa shape index (κ2) is 8.41. The number of halogens is 2. The summed E-state index contributed by atoms with van der Waals surface area (Å²) < 4.78 is 0. The molecule has 0 aromatic carbocycles. The van der Waals surface area contributed by atoms with Crippen molar-refractivity contribution in [1.82, 2.24) is 0 Å². The summed E-state index contributed by atoms with van der Waals surface area (Å²) in [4.78, 5) is 0. The van der Waals surface area contributed by atoms with E-state index in [9.17, 15) is 0 Å². The van der Waals surface area contributed by atoms with Crippen molar-refractivity contribution in [1.29, 1.82) is 0 Å². The first-order valence-corrected chi connectivity index (χ1v) is 14.2. The molecular formula is C21H18Cl2Zr. The van der Waals surface area contributed by atoms with E-state index in [2.05, 4.69) is 88.1 Å². The van der Waals surface area contributed by atoms with Gasteiger partial charge in [-0.25, -0.2) is 0 Å². The summed E-state index contributed by atoms with van der Waals surface area (Å²) in [6.45, 7) is 4.66. The number of allylic oxidation sites excluding steroid dienone is 8. The Kier molecular flexibility index (Phi) is 6.72. The van der Waals surface area contributed by atoms with Crippen LogP contribution in [0.15, 0.2) is 48.6 Å². The van der Waals surface area contributed by atoms with Gasteiger partial charge in [-0.05, 0) is 37.0 Å². The summed E-state index contributed by atoms with van der Waals surface area (Å²) >= 11 is -0.826. The third kappa shape index (κ3) is 3.61. The zero-order valence-electron chi connectivity index (χ0n) is 13.7. The Morgan fingerprint density at radius 1 is 0.708 bits per heavy atom. The first-order chi connectivity index (χ1) is 11.6. The van der Waals surface area contributed by atoms with Crippen molar-refractivity contribution in [3.05, 3.63) is 110 Å². The van der Waals surface area contributed by atoms with Crippen molar-refractivity contribution in [3.8, 4) is 0 Å². The van der Waals surface area contributed by atoms with Crippen LogP contribution in [0.3, 0.4) is 0 Å². The van der Waals surface area contributed by atoms with Crippen LogP contribution in [-0.4, -0.2) is 0 Å². The normalized spacial score (nSPS) is 25.7. The number of hydrogen-bond acceptors (Lipinski definition) is 0. The van der Waals surface area contributed by atoms with Gasteiger partial charge in [0.1, 0.15) is 0 Å². The summed E-state index contributed by atoms with van der Waals surface area (Å²) in [5.41, 5.74) is 0.00616. The minimum atomic E-state index is -0.826. The molecule has 24 heavy (non-hydrogen) atoms. The quantitative estimate of drug-likeness (QED) is 0.507. The van der Waals surface area contributed by atoms with Crippen LogP contribution in [0.2, 0.25) is 0 Å². The van der Waals surface area contributed by atoms with Gasteiger partial charge in [0.15, 0.2) is 0 Å². The zero-order valence-corrected chi connectivity index (χ0v) is 17.7. The topological polar surface area (TPSA) is 0 Å². The molecular weight excluding hydrogens is 414 g/mol. The van der Waals surface area contributed by atoms with E-state index < -0.39 is 20.8 Å². The first-order valence-electron chi connectivity index (χ1n) is 7.86. The second-order valence-electron chi connectivity index (χ2n) is 6.34. The molecule has 0 nitrogen and oxygen atoms in total. The van der Waals surface area contributed by atoms with Crippen LogP contribution in [0.25, 0.3) is 0 Å². The Labute approximate surface area is 166 Å². The van der Waals surface area contributed by atoms with Crippen LogP contribution in [0.5, 0.6) is 0 Å². The Morgan fingerprint density at radius 3 is 1.50 bits per heavy atom. The standard InChI is InChI=1S/C21H18.2ClH.Zr/c1-21(2,15-9-3-4-10-15)20-18-13-7-5-11-16(18)17-12-6-8-14-19(17)20;;;/h3-14H,1-2H3;2*1H;/q;;;+2/p-2. The van der Waals surface area contributed by atoms with E-state index in [0.29, 0.717) is 0 Å². The van der Waals surface area contributed by atoms with Gasteiger partial charge in [0, 0.05) is 29.6 Å². The molecule has 0 aromatic heterocycles. The van der Waals surface area contributed by atoms with Crippen molar-refractivity contribution in [2.45, 2.75) is 13.8 Å². The summed E-state index contributed by atoms with van der Waals surface area (Å²) in [6.07, 6.45) is 26.3. The van der Waals surface area contributed by atoms with Crippen LogP contribution in [-0.2, 0) is 20.8 Å². The van der Waals surface area contributed by atoms with Crippen LogP contribution < -0.4 is 0 Å². The van der Waals surface area contributed by atoms with Crippen LogP contribution in [0.4, 0.5) is 0 Å². The molecule has 0 saturated heterocycles. The van der Waals surface area contributed by atoms with Gasteiger partial charge < -0.3 is 0 Å². The van der Waals surface area contributed by atoms with E-state index in [4.69, 9.17) is 17.0 Å². The molecule has 0 amide bonds. The Hall–Kier alpha value is 0.423. The van der Waals surface area contributed by atoms with Crippen LogP contribution in [0, 0.1) is 66.6 Å². The molecule has 4 aliphatic rings. The van der Waals surface area contributed by atoms with Gasteiger partial charge in [0.2, 0.25) is 0 Å². The van der Waals surface area contributed by atoms with Gasteiger partial charge in [-0.2, -0.15) is 0 Å². The third-order valence-corrected chi connectivity index (χ3v) is 4.69. The molecule has 120 valence electrons. The maximum absolute atomic E-state index is 4.93. The fourth-order valence-corrected chi connectivity index (χ4v) is 3.63. The van der Waals surface area contributed by atoms with Gasteiger partial charge in [-0.3, -0.25) is 0 Å². The molecule has 3 heteroatoms. The van der Waals surface area contributed by atoms with E-state index in [1.54, 1.807) is 0 Å². The zero-order chi connectivity index (χ0) is 17.2. The van der Waals surface area contributed by atoms with E-state index in [-0.39, 0.29) is 5.41 Å².